The Hall–Kier alpha value is -2.17. The third-order valence-corrected chi connectivity index (χ3v) is 11.2. The summed E-state index contributed by atoms with van der Waals surface area (Å²) in [6, 6.07) is 8.19. The lowest BCUT2D eigenvalue weighted by atomic mass is 9.89. The molecule has 0 amide bonds. The SMILES string of the molecule is O=c1c(Cl)c(NC[C@]2(F)CCCOC2)cnn1C1CCC(N(c2ccc(S(=O)(=O)C3CC3)cc2)C2CC2)CC1. The van der Waals surface area contributed by atoms with Crippen molar-refractivity contribution < 1.29 is 17.5 Å². The fourth-order valence-electron chi connectivity index (χ4n) is 6.07. The summed E-state index contributed by atoms with van der Waals surface area (Å²) in [6.45, 7) is 0.627. The predicted octanol–water partition coefficient (Wildman–Crippen LogP) is 4.92. The summed E-state index contributed by atoms with van der Waals surface area (Å²) in [5, 5.41) is 7.21. The molecule has 4 fully saturated rings. The molecule has 4 aliphatic rings. The maximum atomic E-state index is 14.9. The lowest BCUT2D eigenvalue weighted by Gasteiger charge is -2.39. The van der Waals surface area contributed by atoms with Crippen LogP contribution in [0.5, 0.6) is 0 Å². The largest absolute Gasteiger partial charge is 0.379 e. The molecule has 0 radical (unpaired) electrons. The monoisotopic (exact) mass is 578 g/mol. The lowest BCUT2D eigenvalue weighted by molar-refractivity contribution is -0.0234. The Labute approximate surface area is 233 Å². The van der Waals surface area contributed by atoms with E-state index >= 15 is 0 Å². The summed E-state index contributed by atoms with van der Waals surface area (Å²) < 4.78 is 46.9. The molecule has 212 valence electrons. The number of halogens is 2. The van der Waals surface area contributed by atoms with E-state index in [-0.39, 0.29) is 35.0 Å². The van der Waals surface area contributed by atoms with Gasteiger partial charge in [-0.1, -0.05) is 11.6 Å². The summed E-state index contributed by atoms with van der Waals surface area (Å²) in [4.78, 5) is 16.0. The number of aromatic nitrogens is 2. The summed E-state index contributed by atoms with van der Waals surface area (Å²) in [5.74, 6) is 0. The molecule has 2 aromatic rings. The van der Waals surface area contributed by atoms with Gasteiger partial charge >= 0.3 is 0 Å². The van der Waals surface area contributed by atoms with Gasteiger partial charge in [-0.25, -0.2) is 17.5 Å². The molecule has 8 nitrogen and oxygen atoms in total. The third kappa shape index (κ3) is 5.70. The van der Waals surface area contributed by atoms with Crippen molar-refractivity contribution in [2.75, 3.05) is 30.0 Å². The molecular formula is C28H36ClFN4O4S. The highest BCUT2D eigenvalue weighted by Gasteiger charge is 2.39. The van der Waals surface area contributed by atoms with E-state index in [9.17, 15) is 17.6 Å². The number of nitrogens with one attached hydrogen (secondary N) is 1. The first kappa shape index (κ1) is 27.0. The van der Waals surface area contributed by atoms with Crippen molar-refractivity contribution in [2.24, 2.45) is 0 Å². The average Bonchev–Trinajstić information content (AvgIpc) is 3.85. The molecule has 11 heteroatoms. The smallest absolute Gasteiger partial charge is 0.287 e. The molecule has 1 saturated heterocycles. The fourth-order valence-corrected chi connectivity index (χ4v) is 7.93. The Morgan fingerprint density at radius 1 is 1.08 bits per heavy atom. The summed E-state index contributed by atoms with van der Waals surface area (Å²) in [6.07, 6.45) is 9.79. The van der Waals surface area contributed by atoms with E-state index in [1.165, 1.54) is 10.9 Å². The van der Waals surface area contributed by atoms with Crippen molar-refractivity contribution in [3.63, 3.8) is 0 Å². The van der Waals surface area contributed by atoms with Gasteiger partial charge in [-0.05, 0) is 88.5 Å². The molecule has 0 unspecified atom stereocenters. The Morgan fingerprint density at radius 3 is 2.33 bits per heavy atom. The van der Waals surface area contributed by atoms with Crippen LogP contribution in [0.4, 0.5) is 15.8 Å². The van der Waals surface area contributed by atoms with Crippen LogP contribution >= 0.6 is 11.6 Å². The van der Waals surface area contributed by atoms with Crippen molar-refractivity contribution in [1.82, 2.24) is 9.78 Å². The van der Waals surface area contributed by atoms with Crippen molar-refractivity contribution in [1.29, 1.82) is 0 Å². The van der Waals surface area contributed by atoms with Crippen LogP contribution in [0.25, 0.3) is 0 Å². The van der Waals surface area contributed by atoms with Crippen LogP contribution in [0.15, 0.2) is 40.2 Å². The lowest BCUT2D eigenvalue weighted by Crippen LogP contribution is -2.42. The quantitative estimate of drug-likeness (QED) is 0.451. The standard InChI is InChI=1S/C28H36ClFN4O4S/c29-26-25(31-17-28(30)14-1-15-38-18-28)16-32-34(27(26)35)22-6-4-20(5-7-22)33(19-2-3-19)21-8-10-23(11-9-21)39(36,37)24-12-13-24/h8-11,16,19-20,22,24,31H,1-7,12-15,17-18H2/t20?,22?,28-/m1/s1. The molecule has 1 N–H and O–H groups in total. The molecule has 3 aliphatic carbocycles. The van der Waals surface area contributed by atoms with Gasteiger partial charge in [0.05, 0.1) is 41.2 Å². The number of hydrogen-bond donors (Lipinski definition) is 1. The topological polar surface area (TPSA) is 93.5 Å². The van der Waals surface area contributed by atoms with Crippen LogP contribution in [0.2, 0.25) is 5.02 Å². The third-order valence-electron chi connectivity index (χ3n) is 8.59. The average molecular weight is 579 g/mol. The number of ether oxygens (including phenoxy) is 1. The molecule has 1 aliphatic heterocycles. The maximum absolute atomic E-state index is 14.9. The first-order chi connectivity index (χ1) is 18.7. The van der Waals surface area contributed by atoms with Gasteiger partial charge in [-0.2, -0.15) is 5.10 Å². The maximum Gasteiger partial charge on any atom is 0.287 e. The van der Waals surface area contributed by atoms with Crippen molar-refractivity contribution >= 4 is 32.8 Å². The van der Waals surface area contributed by atoms with Gasteiger partial charge < -0.3 is 15.0 Å². The minimum absolute atomic E-state index is 0.0213. The van der Waals surface area contributed by atoms with Crippen LogP contribution in [-0.4, -0.2) is 61.0 Å². The summed E-state index contributed by atoms with van der Waals surface area (Å²) in [7, 11) is -3.20. The summed E-state index contributed by atoms with van der Waals surface area (Å²) in [5.41, 5.74) is -0.419. The Bertz CT molecular complexity index is 1350. The minimum atomic E-state index is -3.20. The van der Waals surface area contributed by atoms with E-state index < -0.39 is 15.5 Å². The highest BCUT2D eigenvalue weighted by atomic mass is 35.5. The second kappa shape index (κ2) is 10.7. The number of benzene rings is 1. The highest BCUT2D eigenvalue weighted by molar-refractivity contribution is 7.92. The van der Waals surface area contributed by atoms with Crippen molar-refractivity contribution in [3.05, 3.63) is 45.8 Å². The number of rotatable bonds is 9. The molecule has 1 aromatic heterocycles. The highest BCUT2D eigenvalue weighted by Crippen LogP contribution is 2.41. The van der Waals surface area contributed by atoms with Gasteiger partial charge in [-0.3, -0.25) is 4.79 Å². The van der Waals surface area contributed by atoms with E-state index in [0.717, 1.165) is 57.1 Å². The van der Waals surface area contributed by atoms with Crippen molar-refractivity contribution in [2.45, 2.75) is 98.1 Å². The van der Waals surface area contributed by atoms with Crippen LogP contribution in [-0.2, 0) is 14.6 Å². The van der Waals surface area contributed by atoms with Crippen LogP contribution in [0.3, 0.4) is 0 Å². The number of hydrogen-bond acceptors (Lipinski definition) is 7. The van der Waals surface area contributed by atoms with Crippen LogP contribution < -0.4 is 15.8 Å². The van der Waals surface area contributed by atoms with E-state index in [1.807, 2.05) is 12.1 Å². The van der Waals surface area contributed by atoms with Crippen LogP contribution in [0, 0.1) is 0 Å². The molecule has 0 spiro atoms. The summed E-state index contributed by atoms with van der Waals surface area (Å²) >= 11 is 6.42. The first-order valence-corrected chi connectivity index (χ1v) is 16.1. The number of sulfone groups is 1. The molecule has 6 rings (SSSR count). The predicted molar refractivity (Wildman–Crippen MR) is 149 cm³/mol. The Kier molecular flexibility index (Phi) is 7.39. The zero-order valence-corrected chi connectivity index (χ0v) is 23.6. The Balaban J connectivity index is 1.10. The molecule has 1 aromatic carbocycles. The van der Waals surface area contributed by atoms with Gasteiger partial charge in [0, 0.05) is 24.4 Å². The number of alkyl halides is 1. The second-order valence-electron chi connectivity index (χ2n) is 11.6. The zero-order valence-electron chi connectivity index (χ0n) is 22.0. The normalized spacial score (nSPS) is 27.7. The molecule has 39 heavy (non-hydrogen) atoms. The van der Waals surface area contributed by atoms with E-state index in [4.69, 9.17) is 16.3 Å². The van der Waals surface area contributed by atoms with E-state index in [1.54, 1.807) is 12.1 Å². The second-order valence-corrected chi connectivity index (χ2v) is 14.2. The fraction of sp³-hybridized carbons (Fsp3) is 0.643. The number of anilines is 2. The molecular weight excluding hydrogens is 543 g/mol. The van der Waals surface area contributed by atoms with Crippen LogP contribution in [0.1, 0.15) is 70.3 Å². The van der Waals surface area contributed by atoms with Gasteiger partial charge in [0.1, 0.15) is 5.02 Å². The zero-order chi connectivity index (χ0) is 27.2. The minimum Gasteiger partial charge on any atom is -0.379 e. The number of nitrogens with zero attached hydrogens (tertiary/aromatic N) is 3. The van der Waals surface area contributed by atoms with Crippen molar-refractivity contribution in [3.8, 4) is 0 Å². The van der Waals surface area contributed by atoms with E-state index in [2.05, 4.69) is 15.3 Å². The first-order valence-electron chi connectivity index (χ1n) is 14.2. The Morgan fingerprint density at radius 2 is 1.74 bits per heavy atom. The van der Waals surface area contributed by atoms with Gasteiger partial charge in [-0.15, -0.1) is 0 Å². The molecule has 3 saturated carbocycles. The van der Waals surface area contributed by atoms with Gasteiger partial charge in [0.2, 0.25) is 0 Å². The molecule has 1 atom stereocenters. The molecule has 2 heterocycles. The van der Waals surface area contributed by atoms with Gasteiger partial charge in [0.25, 0.3) is 5.56 Å². The molecule has 0 bridgehead atoms. The van der Waals surface area contributed by atoms with E-state index in [0.29, 0.717) is 42.1 Å². The van der Waals surface area contributed by atoms with Gasteiger partial charge in [0.15, 0.2) is 15.5 Å².